The van der Waals surface area contributed by atoms with Crippen LogP contribution in [0.5, 0.6) is 0 Å². The third-order valence-corrected chi connectivity index (χ3v) is 2.92. The van der Waals surface area contributed by atoms with E-state index in [1.165, 1.54) is 0 Å². The highest BCUT2D eigenvalue weighted by Gasteiger charge is 2.16. The van der Waals surface area contributed by atoms with Gasteiger partial charge < -0.3 is 4.42 Å². The van der Waals surface area contributed by atoms with Crippen LogP contribution in [0, 0.1) is 11.3 Å². The van der Waals surface area contributed by atoms with Crippen LogP contribution in [-0.4, -0.2) is 0 Å². The van der Waals surface area contributed by atoms with Gasteiger partial charge in [0.2, 0.25) is 0 Å². The van der Waals surface area contributed by atoms with Crippen LogP contribution in [0.15, 0.2) is 53.1 Å². The molecular formula is C15H16N2O. The molecule has 0 radical (unpaired) electrons. The fraction of sp³-hybridized carbons (Fsp3) is 0.267. The van der Waals surface area contributed by atoms with Crippen molar-refractivity contribution in [2.75, 3.05) is 0 Å². The van der Waals surface area contributed by atoms with Gasteiger partial charge in [-0.25, -0.2) is 0 Å². The van der Waals surface area contributed by atoms with E-state index < -0.39 is 0 Å². The number of rotatable bonds is 5. The lowest BCUT2D eigenvalue weighted by Crippen LogP contribution is -2.24. The molecule has 3 heteroatoms. The molecule has 0 saturated carbocycles. The Kier molecular flexibility index (Phi) is 4.16. The number of furan rings is 1. The average Bonchev–Trinajstić information content (AvgIpc) is 2.93. The van der Waals surface area contributed by atoms with Crippen LogP contribution in [0.3, 0.4) is 0 Å². The quantitative estimate of drug-likeness (QED) is 0.868. The molecule has 1 aromatic carbocycles. The van der Waals surface area contributed by atoms with E-state index in [0.717, 1.165) is 11.3 Å². The minimum Gasteiger partial charge on any atom is -0.468 e. The van der Waals surface area contributed by atoms with E-state index in [2.05, 4.69) is 11.4 Å². The minimum atomic E-state index is 0.0244. The second kappa shape index (κ2) is 6.04. The number of nitrogens with one attached hydrogen (secondary N) is 1. The molecule has 1 N–H and O–H groups in total. The van der Waals surface area contributed by atoms with Crippen molar-refractivity contribution in [3.8, 4) is 6.07 Å². The van der Waals surface area contributed by atoms with E-state index in [1.54, 1.807) is 6.26 Å². The van der Waals surface area contributed by atoms with Crippen LogP contribution < -0.4 is 5.32 Å². The van der Waals surface area contributed by atoms with Crippen LogP contribution in [0.4, 0.5) is 0 Å². The maximum atomic E-state index is 8.93. The second-order valence-electron chi connectivity index (χ2n) is 4.23. The van der Waals surface area contributed by atoms with E-state index in [9.17, 15) is 0 Å². The van der Waals surface area contributed by atoms with Crippen molar-refractivity contribution >= 4 is 0 Å². The molecule has 0 bridgehead atoms. The Hall–Kier alpha value is -2.05. The number of hydrogen-bond donors (Lipinski definition) is 1. The van der Waals surface area contributed by atoms with Gasteiger partial charge in [0.1, 0.15) is 5.76 Å². The molecule has 3 nitrogen and oxygen atoms in total. The summed E-state index contributed by atoms with van der Waals surface area (Å²) in [7, 11) is 0. The third-order valence-electron chi connectivity index (χ3n) is 2.92. The van der Waals surface area contributed by atoms with Gasteiger partial charge in [-0.05, 0) is 24.6 Å². The summed E-state index contributed by atoms with van der Waals surface area (Å²) in [5.41, 5.74) is 1.12. The molecule has 0 aliphatic heterocycles. The summed E-state index contributed by atoms with van der Waals surface area (Å²) in [4.78, 5) is 0. The van der Waals surface area contributed by atoms with Gasteiger partial charge in [0.25, 0.3) is 0 Å². The van der Waals surface area contributed by atoms with Gasteiger partial charge in [-0.15, -0.1) is 0 Å². The van der Waals surface area contributed by atoms with E-state index >= 15 is 0 Å². The Balaban J connectivity index is 2.10. The van der Waals surface area contributed by atoms with Crippen LogP contribution in [0.1, 0.15) is 36.8 Å². The molecule has 0 saturated heterocycles. The summed E-state index contributed by atoms with van der Waals surface area (Å²) >= 11 is 0. The van der Waals surface area contributed by atoms with Crippen molar-refractivity contribution in [1.82, 2.24) is 5.32 Å². The van der Waals surface area contributed by atoms with E-state index in [0.29, 0.717) is 6.42 Å². The Morgan fingerprint density at radius 1 is 1.22 bits per heavy atom. The zero-order valence-electron chi connectivity index (χ0n) is 10.3. The molecule has 2 atom stereocenters. The number of nitriles is 1. The standard InChI is InChI=1S/C15H16N2O/c1-12(15-8-5-11-18-15)17-14(9-10-16)13-6-3-2-4-7-13/h2-8,11-12,14,17H,9H2,1H3/t12-,14?/m0/s1. The smallest absolute Gasteiger partial charge is 0.120 e. The molecule has 1 unspecified atom stereocenters. The molecule has 18 heavy (non-hydrogen) atoms. The maximum Gasteiger partial charge on any atom is 0.120 e. The van der Waals surface area contributed by atoms with E-state index in [1.807, 2.05) is 49.4 Å². The second-order valence-corrected chi connectivity index (χ2v) is 4.23. The highest BCUT2D eigenvalue weighted by Crippen LogP contribution is 2.22. The SMILES string of the molecule is C[C@H](NC(CC#N)c1ccccc1)c1ccco1. The van der Waals surface area contributed by atoms with E-state index in [4.69, 9.17) is 9.68 Å². The Bertz CT molecular complexity index is 499. The molecule has 2 rings (SSSR count). The summed E-state index contributed by atoms with van der Waals surface area (Å²) in [6, 6.07) is 16.1. The first-order valence-corrected chi connectivity index (χ1v) is 6.02. The monoisotopic (exact) mass is 240 g/mol. The Labute approximate surface area is 107 Å². The van der Waals surface area contributed by atoms with Crippen molar-refractivity contribution in [1.29, 1.82) is 5.26 Å². The summed E-state index contributed by atoms with van der Waals surface area (Å²) in [5.74, 6) is 0.883. The molecule has 0 aliphatic rings. The number of nitrogens with zero attached hydrogens (tertiary/aromatic N) is 1. The van der Waals surface area contributed by atoms with E-state index in [-0.39, 0.29) is 12.1 Å². The Morgan fingerprint density at radius 3 is 2.61 bits per heavy atom. The lowest BCUT2D eigenvalue weighted by atomic mass is 10.0. The normalized spacial score (nSPS) is 13.8. The van der Waals surface area contributed by atoms with Gasteiger partial charge in [-0.2, -0.15) is 5.26 Å². The first-order chi connectivity index (χ1) is 8.81. The maximum absolute atomic E-state index is 8.93. The summed E-state index contributed by atoms with van der Waals surface area (Å²) in [5, 5.41) is 12.3. The predicted molar refractivity (Wildman–Crippen MR) is 69.7 cm³/mol. The zero-order valence-corrected chi connectivity index (χ0v) is 10.3. The zero-order chi connectivity index (χ0) is 12.8. The highest BCUT2D eigenvalue weighted by molar-refractivity contribution is 5.20. The predicted octanol–water partition coefficient (Wildman–Crippen LogP) is 3.59. The van der Waals surface area contributed by atoms with Crippen molar-refractivity contribution in [3.63, 3.8) is 0 Å². The molecule has 1 heterocycles. The van der Waals surface area contributed by atoms with Gasteiger partial charge in [0.15, 0.2) is 0 Å². The topological polar surface area (TPSA) is 49.0 Å². The highest BCUT2D eigenvalue weighted by atomic mass is 16.3. The summed E-state index contributed by atoms with van der Waals surface area (Å²) in [6.07, 6.45) is 2.10. The van der Waals surface area contributed by atoms with Crippen LogP contribution in [0.25, 0.3) is 0 Å². The first-order valence-electron chi connectivity index (χ1n) is 6.02. The minimum absolute atomic E-state index is 0.0244. The van der Waals surface area contributed by atoms with Crippen LogP contribution in [0.2, 0.25) is 0 Å². The molecule has 0 amide bonds. The van der Waals surface area contributed by atoms with Crippen molar-refractivity contribution in [2.24, 2.45) is 0 Å². The number of benzene rings is 1. The van der Waals surface area contributed by atoms with Gasteiger partial charge in [0.05, 0.1) is 24.8 Å². The van der Waals surface area contributed by atoms with Gasteiger partial charge in [0, 0.05) is 6.04 Å². The summed E-state index contributed by atoms with van der Waals surface area (Å²) in [6.45, 7) is 2.03. The first kappa shape index (κ1) is 12.4. The fourth-order valence-corrected chi connectivity index (χ4v) is 1.97. The molecule has 0 aliphatic carbocycles. The average molecular weight is 240 g/mol. The lowest BCUT2D eigenvalue weighted by Gasteiger charge is -2.20. The summed E-state index contributed by atoms with van der Waals surface area (Å²) < 4.78 is 5.36. The van der Waals surface area contributed by atoms with Gasteiger partial charge in [-0.3, -0.25) is 5.32 Å². The van der Waals surface area contributed by atoms with Crippen LogP contribution in [-0.2, 0) is 0 Å². The van der Waals surface area contributed by atoms with Gasteiger partial charge in [-0.1, -0.05) is 30.3 Å². The van der Waals surface area contributed by atoms with Gasteiger partial charge >= 0.3 is 0 Å². The molecule has 1 aromatic heterocycles. The molecule has 0 spiro atoms. The largest absolute Gasteiger partial charge is 0.468 e. The lowest BCUT2D eigenvalue weighted by molar-refractivity contribution is 0.394. The molecular weight excluding hydrogens is 224 g/mol. The molecule has 2 aromatic rings. The fourth-order valence-electron chi connectivity index (χ4n) is 1.97. The van der Waals surface area contributed by atoms with Crippen molar-refractivity contribution in [2.45, 2.75) is 25.4 Å². The number of hydrogen-bond acceptors (Lipinski definition) is 3. The molecule has 0 fully saturated rings. The Morgan fingerprint density at radius 2 is 2.00 bits per heavy atom. The molecule has 92 valence electrons. The third kappa shape index (κ3) is 2.99. The van der Waals surface area contributed by atoms with Crippen molar-refractivity contribution in [3.05, 3.63) is 60.1 Å². The van der Waals surface area contributed by atoms with Crippen LogP contribution >= 0.6 is 0 Å². The van der Waals surface area contributed by atoms with Crippen molar-refractivity contribution < 1.29 is 4.42 Å².